The van der Waals surface area contributed by atoms with Gasteiger partial charge in [0.2, 0.25) is 0 Å². The first-order valence-corrected chi connectivity index (χ1v) is 11.8. The van der Waals surface area contributed by atoms with Gasteiger partial charge in [0, 0.05) is 22.8 Å². The molecule has 0 radical (unpaired) electrons. The molecule has 2 aromatic carbocycles. The van der Waals surface area contributed by atoms with E-state index in [9.17, 15) is 52.7 Å². The van der Waals surface area contributed by atoms with Crippen LogP contribution in [0.1, 0.15) is 40.3 Å². The summed E-state index contributed by atoms with van der Waals surface area (Å²) < 4.78 is 157. The molecule has 0 fully saturated rings. The van der Waals surface area contributed by atoms with Gasteiger partial charge in [-0.2, -0.15) is 52.7 Å². The SMILES string of the molecule is CC=C(C=C[NH2+]Cc1cc(C(F)(F)F)cc(C(F)(F)F)c1)C1=C[NH+](Cc2cc(C(F)(F)F)cc(C(F)(F)F)c2)C=C1. The van der Waals surface area contributed by atoms with Gasteiger partial charge >= 0.3 is 24.7 Å². The summed E-state index contributed by atoms with van der Waals surface area (Å²) in [5.41, 5.74) is -5.03. The Hall–Kier alpha value is -3.52. The fourth-order valence-corrected chi connectivity index (χ4v) is 4.01. The highest BCUT2D eigenvalue weighted by atomic mass is 19.4. The second kappa shape index (κ2) is 11.8. The van der Waals surface area contributed by atoms with Crippen molar-refractivity contribution in [2.24, 2.45) is 0 Å². The van der Waals surface area contributed by atoms with Crippen LogP contribution in [0, 0.1) is 0 Å². The van der Waals surface area contributed by atoms with Gasteiger partial charge < -0.3 is 5.32 Å². The van der Waals surface area contributed by atoms with Gasteiger partial charge in [-0.05, 0) is 55.0 Å². The summed E-state index contributed by atoms with van der Waals surface area (Å²) in [5, 5.41) is 1.35. The Kier molecular flexibility index (Phi) is 9.18. The van der Waals surface area contributed by atoms with Crippen LogP contribution in [-0.2, 0) is 37.8 Å². The van der Waals surface area contributed by atoms with Crippen molar-refractivity contribution >= 4 is 0 Å². The van der Waals surface area contributed by atoms with Gasteiger partial charge in [0.05, 0.1) is 34.7 Å². The molecule has 1 unspecified atom stereocenters. The van der Waals surface area contributed by atoms with Crippen molar-refractivity contribution in [1.82, 2.24) is 0 Å². The summed E-state index contributed by atoms with van der Waals surface area (Å²) in [5.74, 6) is 0. The molecule has 2 nitrogen and oxygen atoms in total. The van der Waals surface area contributed by atoms with Gasteiger partial charge in [-0.25, -0.2) is 0 Å². The van der Waals surface area contributed by atoms with Crippen molar-refractivity contribution in [2.75, 3.05) is 0 Å². The maximum atomic E-state index is 13.1. The van der Waals surface area contributed by atoms with Crippen molar-refractivity contribution in [1.29, 1.82) is 0 Å². The maximum absolute atomic E-state index is 13.1. The minimum Gasteiger partial charge on any atom is -0.316 e. The largest absolute Gasteiger partial charge is 0.416 e. The van der Waals surface area contributed by atoms with E-state index in [0.29, 0.717) is 40.3 Å². The van der Waals surface area contributed by atoms with E-state index in [1.807, 2.05) is 0 Å². The fourth-order valence-electron chi connectivity index (χ4n) is 4.01. The molecule has 3 N–H and O–H groups in total. The lowest BCUT2D eigenvalue weighted by Crippen LogP contribution is -3.00. The van der Waals surface area contributed by atoms with Crippen LogP contribution in [0.15, 0.2) is 84.4 Å². The first-order chi connectivity index (χ1) is 18.8. The van der Waals surface area contributed by atoms with Crippen molar-refractivity contribution in [3.05, 3.63) is 118 Å². The highest BCUT2D eigenvalue weighted by Crippen LogP contribution is 2.37. The Morgan fingerprint density at radius 1 is 0.683 bits per heavy atom. The van der Waals surface area contributed by atoms with Crippen LogP contribution in [0.25, 0.3) is 0 Å². The summed E-state index contributed by atoms with van der Waals surface area (Å²) in [7, 11) is 0. The molecular formula is C27H22F12N2+2. The predicted molar refractivity (Wildman–Crippen MR) is 123 cm³/mol. The summed E-state index contributed by atoms with van der Waals surface area (Å²) in [6.07, 6.45) is -10.7. The van der Waals surface area contributed by atoms with E-state index in [1.54, 1.807) is 25.3 Å². The Balaban J connectivity index is 1.72. The Bertz CT molecular complexity index is 1310. The minimum absolute atomic E-state index is 0.0353. The number of allylic oxidation sites excluding steroid dienone is 5. The summed E-state index contributed by atoms with van der Waals surface area (Å²) in [6, 6.07) is 2.61. The zero-order valence-electron chi connectivity index (χ0n) is 21.0. The van der Waals surface area contributed by atoms with E-state index in [2.05, 4.69) is 0 Å². The molecule has 2 aromatic rings. The standard InChI is InChI=1S/C27H20F12N2/c1-2-18(3-5-40-13-16-7-20(24(28,29)30)11-21(8-16)25(31,32)33)19-4-6-41(15-19)14-17-9-22(26(34,35)36)12-23(10-17)27(37,38)39/h2-12,15,40H,13-14H2,1H3/p+2. The normalized spacial score (nSPS) is 17.0. The zero-order chi connectivity index (χ0) is 30.8. The lowest BCUT2D eigenvalue weighted by atomic mass is 10.0. The molecule has 0 bridgehead atoms. The van der Waals surface area contributed by atoms with Crippen LogP contribution in [-0.4, -0.2) is 0 Å². The van der Waals surface area contributed by atoms with E-state index in [0.717, 1.165) is 0 Å². The molecule has 1 aliphatic rings. The third-order valence-corrected chi connectivity index (χ3v) is 5.93. The predicted octanol–water partition coefficient (Wildman–Crippen LogP) is 6.78. The van der Waals surface area contributed by atoms with Crippen molar-refractivity contribution in [3.63, 3.8) is 0 Å². The quantitative estimate of drug-likeness (QED) is 0.258. The zero-order valence-corrected chi connectivity index (χ0v) is 21.0. The molecule has 0 amide bonds. The van der Waals surface area contributed by atoms with Gasteiger partial charge in [-0.3, -0.25) is 4.90 Å². The van der Waals surface area contributed by atoms with Gasteiger partial charge in [0.15, 0.2) is 0 Å². The monoisotopic (exact) mass is 602 g/mol. The molecular weight excluding hydrogens is 580 g/mol. The van der Waals surface area contributed by atoms with E-state index in [1.165, 1.54) is 23.8 Å². The molecule has 3 rings (SSSR count). The third kappa shape index (κ3) is 8.73. The second-order valence-electron chi connectivity index (χ2n) is 9.06. The molecule has 0 aromatic heterocycles. The first kappa shape index (κ1) is 32.0. The molecule has 1 heterocycles. The van der Waals surface area contributed by atoms with E-state index in [4.69, 9.17) is 0 Å². The third-order valence-electron chi connectivity index (χ3n) is 5.93. The van der Waals surface area contributed by atoms with Crippen LogP contribution in [0.3, 0.4) is 0 Å². The number of quaternary nitrogens is 2. The highest BCUT2D eigenvalue weighted by Gasteiger charge is 2.38. The van der Waals surface area contributed by atoms with Gasteiger partial charge in [-0.15, -0.1) is 0 Å². The van der Waals surface area contributed by atoms with Crippen molar-refractivity contribution < 1.29 is 62.9 Å². The maximum Gasteiger partial charge on any atom is 0.416 e. The summed E-state index contributed by atoms with van der Waals surface area (Å²) >= 11 is 0. The minimum atomic E-state index is -4.98. The molecule has 0 saturated carbocycles. The number of benzene rings is 2. The molecule has 1 aliphatic heterocycles. The van der Waals surface area contributed by atoms with Gasteiger partial charge in [-0.1, -0.05) is 6.08 Å². The van der Waals surface area contributed by atoms with Crippen LogP contribution >= 0.6 is 0 Å². The van der Waals surface area contributed by atoms with Crippen LogP contribution in [0.5, 0.6) is 0 Å². The molecule has 14 heteroatoms. The highest BCUT2D eigenvalue weighted by molar-refractivity contribution is 5.45. The Morgan fingerprint density at radius 2 is 1.12 bits per heavy atom. The average Bonchev–Trinajstić information content (AvgIpc) is 3.29. The topological polar surface area (TPSA) is 21.1 Å². The Morgan fingerprint density at radius 3 is 1.54 bits per heavy atom. The van der Waals surface area contributed by atoms with E-state index < -0.39 is 47.0 Å². The molecule has 222 valence electrons. The lowest BCUT2D eigenvalue weighted by molar-refractivity contribution is -0.803. The summed E-state index contributed by atoms with van der Waals surface area (Å²) in [6.45, 7) is 1.16. The number of rotatable bonds is 7. The van der Waals surface area contributed by atoms with E-state index >= 15 is 0 Å². The molecule has 0 aliphatic carbocycles. The Labute approximate surface area is 225 Å². The smallest absolute Gasteiger partial charge is 0.316 e. The van der Waals surface area contributed by atoms with E-state index in [-0.39, 0.29) is 36.3 Å². The number of halogens is 12. The fraction of sp³-hybridized carbons (Fsp3) is 0.259. The summed E-state index contributed by atoms with van der Waals surface area (Å²) in [4.78, 5) is 0.424. The number of nitrogens with two attached hydrogens (primary N) is 1. The molecule has 0 saturated heterocycles. The van der Waals surface area contributed by atoms with Crippen LogP contribution < -0.4 is 10.2 Å². The molecule has 41 heavy (non-hydrogen) atoms. The first-order valence-electron chi connectivity index (χ1n) is 11.8. The van der Waals surface area contributed by atoms with Crippen molar-refractivity contribution in [2.45, 2.75) is 44.7 Å². The van der Waals surface area contributed by atoms with Gasteiger partial charge in [0.25, 0.3) is 0 Å². The van der Waals surface area contributed by atoms with Crippen molar-refractivity contribution in [3.8, 4) is 0 Å². The number of hydrogen-bond acceptors (Lipinski definition) is 0. The number of hydrogen-bond donors (Lipinski definition) is 2. The number of nitrogens with one attached hydrogen (secondary N) is 1. The van der Waals surface area contributed by atoms with Gasteiger partial charge in [0.1, 0.15) is 19.3 Å². The number of alkyl halides is 12. The lowest BCUT2D eigenvalue weighted by Gasteiger charge is -2.15. The molecule has 0 spiro atoms. The second-order valence-corrected chi connectivity index (χ2v) is 9.06. The van der Waals surface area contributed by atoms with Crippen LogP contribution in [0.2, 0.25) is 0 Å². The average molecular weight is 602 g/mol. The van der Waals surface area contributed by atoms with Crippen LogP contribution in [0.4, 0.5) is 52.7 Å². The molecule has 1 atom stereocenters.